The summed E-state index contributed by atoms with van der Waals surface area (Å²) in [5.74, 6) is -0.725. The van der Waals surface area contributed by atoms with Gasteiger partial charge in [0.05, 0.1) is 0 Å². The van der Waals surface area contributed by atoms with Crippen LogP contribution in [0.2, 0.25) is 0 Å². The van der Waals surface area contributed by atoms with Crippen LogP contribution < -0.4 is 11.1 Å². The fourth-order valence-corrected chi connectivity index (χ4v) is 3.12. The summed E-state index contributed by atoms with van der Waals surface area (Å²) in [5, 5.41) is 4.61. The van der Waals surface area contributed by atoms with Gasteiger partial charge in [-0.05, 0) is 52.0 Å². The molecule has 2 rings (SSSR count). The molecule has 0 atom stereocenters. The Hall–Kier alpha value is -1.66. The minimum Gasteiger partial charge on any atom is -0.366 e. The molecule has 0 spiro atoms. The molecule has 6 heteroatoms. The van der Waals surface area contributed by atoms with Crippen molar-refractivity contribution < 1.29 is 9.59 Å². The standard InChI is InChI=1S/C13H11BrN2O2S/c1-7-8(12(15)17)3-2-4-10(7)16-13(18)11-9(14)5-6-19-11/h2-6H,1H3,(H2,15,17)(H,16,18). The minimum atomic E-state index is -0.508. The Morgan fingerprint density at radius 2 is 2.05 bits per heavy atom. The molecule has 1 aromatic heterocycles. The summed E-state index contributed by atoms with van der Waals surface area (Å²) in [4.78, 5) is 23.9. The molecule has 2 amide bonds. The van der Waals surface area contributed by atoms with Crippen molar-refractivity contribution >= 4 is 44.8 Å². The molecule has 0 radical (unpaired) electrons. The molecule has 98 valence electrons. The van der Waals surface area contributed by atoms with E-state index < -0.39 is 5.91 Å². The van der Waals surface area contributed by atoms with Crippen LogP contribution in [-0.4, -0.2) is 11.8 Å². The highest BCUT2D eigenvalue weighted by molar-refractivity contribution is 9.10. The molecule has 0 saturated carbocycles. The SMILES string of the molecule is Cc1c(NC(=O)c2sccc2Br)cccc1C(N)=O. The lowest BCUT2D eigenvalue weighted by Crippen LogP contribution is -2.16. The molecule has 2 aromatic rings. The summed E-state index contributed by atoms with van der Waals surface area (Å²) in [6.45, 7) is 1.75. The quantitative estimate of drug-likeness (QED) is 0.902. The molecule has 0 bridgehead atoms. The zero-order chi connectivity index (χ0) is 14.0. The Bertz CT molecular complexity index is 652. The van der Waals surface area contributed by atoms with Gasteiger partial charge in [0.25, 0.3) is 5.91 Å². The molecular weight excluding hydrogens is 328 g/mol. The van der Waals surface area contributed by atoms with Crippen molar-refractivity contribution in [3.05, 3.63) is 50.1 Å². The van der Waals surface area contributed by atoms with Crippen molar-refractivity contribution in [3.8, 4) is 0 Å². The maximum Gasteiger partial charge on any atom is 0.266 e. The van der Waals surface area contributed by atoms with Gasteiger partial charge < -0.3 is 11.1 Å². The van der Waals surface area contributed by atoms with E-state index in [0.29, 0.717) is 21.7 Å². The molecule has 1 heterocycles. The van der Waals surface area contributed by atoms with E-state index in [1.807, 2.05) is 11.4 Å². The van der Waals surface area contributed by atoms with Gasteiger partial charge in [-0.1, -0.05) is 6.07 Å². The lowest BCUT2D eigenvalue weighted by Gasteiger charge is -2.10. The lowest BCUT2D eigenvalue weighted by atomic mass is 10.1. The van der Waals surface area contributed by atoms with Crippen molar-refractivity contribution in [2.75, 3.05) is 5.32 Å². The van der Waals surface area contributed by atoms with Gasteiger partial charge in [-0.15, -0.1) is 11.3 Å². The maximum absolute atomic E-state index is 12.1. The van der Waals surface area contributed by atoms with Crippen molar-refractivity contribution in [1.29, 1.82) is 0 Å². The fraction of sp³-hybridized carbons (Fsp3) is 0.0769. The first-order chi connectivity index (χ1) is 9.00. The average molecular weight is 339 g/mol. The molecule has 0 saturated heterocycles. The van der Waals surface area contributed by atoms with Gasteiger partial charge in [0, 0.05) is 15.7 Å². The van der Waals surface area contributed by atoms with Crippen LogP contribution in [0.4, 0.5) is 5.69 Å². The topological polar surface area (TPSA) is 72.2 Å². The van der Waals surface area contributed by atoms with Crippen LogP contribution in [-0.2, 0) is 0 Å². The number of hydrogen-bond donors (Lipinski definition) is 2. The maximum atomic E-state index is 12.1. The van der Waals surface area contributed by atoms with Gasteiger partial charge in [0.1, 0.15) is 4.88 Å². The number of thiophene rings is 1. The Balaban J connectivity index is 2.30. The second-order valence-electron chi connectivity index (χ2n) is 3.89. The van der Waals surface area contributed by atoms with Crippen molar-refractivity contribution in [1.82, 2.24) is 0 Å². The highest BCUT2D eigenvalue weighted by Gasteiger charge is 2.14. The first kappa shape index (κ1) is 13.8. The van der Waals surface area contributed by atoms with Gasteiger partial charge >= 0.3 is 0 Å². The van der Waals surface area contributed by atoms with Crippen molar-refractivity contribution in [2.24, 2.45) is 5.73 Å². The summed E-state index contributed by atoms with van der Waals surface area (Å²) < 4.78 is 0.749. The fourth-order valence-electron chi connectivity index (χ4n) is 1.67. The zero-order valence-electron chi connectivity index (χ0n) is 10.1. The molecular formula is C13H11BrN2O2S. The van der Waals surface area contributed by atoms with E-state index in [4.69, 9.17) is 5.73 Å². The number of benzene rings is 1. The second-order valence-corrected chi connectivity index (χ2v) is 5.66. The summed E-state index contributed by atoms with van der Waals surface area (Å²) >= 11 is 4.65. The summed E-state index contributed by atoms with van der Waals surface area (Å²) in [6.07, 6.45) is 0. The number of nitrogens with one attached hydrogen (secondary N) is 1. The second kappa shape index (κ2) is 5.54. The number of rotatable bonds is 3. The number of hydrogen-bond acceptors (Lipinski definition) is 3. The van der Waals surface area contributed by atoms with Crippen LogP contribution in [0.3, 0.4) is 0 Å². The Morgan fingerprint density at radius 1 is 1.32 bits per heavy atom. The minimum absolute atomic E-state index is 0.216. The predicted molar refractivity (Wildman–Crippen MR) is 79.7 cm³/mol. The highest BCUT2D eigenvalue weighted by Crippen LogP contribution is 2.25. The Morgan fingerprint density at radius 3 is 2.63 bits per heavy atom. The van der Waals surface area contributed by atoms with E-state index >= 15 is 0 Å². The van der Waals surface area contributed by atoms with Gasteiger partial charge in [0.2, 0.25) is 5.91 Å². The molecule has 19 heavy (non-hydrogen) atoms. The van der Waals surface area contributed by atoms with Crippen molar-refractivity contribution in [3.63, 3.8) is 0 Å². The summed E-state index contributed by atoms with van der Waals surface area (Å²) in [6, 6.07) is 6.87. The average Bonchev–Trinajstić information content (AvgIpc) is 2.77. The third-order valence-electron chi connectivity index (χ3n) is 2.67. The van der Waals surface area contributed by atoms with E-state index in [-0.39, 0.29) is 5.91 Å². The van der Waals surface area contributed by atoms with E-state index in [1.165, 1.54) is 11.3 Å². The third kappa shape index (κ3) is 2.85. The van der Waals surface area contributed by atoms with Crippen LogP contribution in [0.25, 0.3) is 0 Å². The first-order valence-corrected chi connectivity index (χ1v) is 7.11. The molecule has 0 unspecified atom stereocenters. The number of anilines is 1. The highest BCUT2D eigenvalue weighted by atomic mass is 79.9. The van der Waals surface area contributed by atoms with E-state index in [2.05, 4.69) is 21.2 Å². The monoisotopic (exact) mass is 338 g/mol. The van der Waals surface area contributed by atoms with Crippen LogP contribution in [0.15, 0.2) is 34.1 Å². The van der Waals surface area contributed by atoms with Gasteiger partial charge in [0.15, 0.2) is 0 Å². The molecule has 0 aliphatic rings. The molecule has 0 fully saturated rings. The third-order valence-corrected chi connectivity index (χ3v) is 4.51. The van der Waals surface area contributed by atoms with Crippen LogP contribution >= 0.6 is 27.3 Å². The number of halogens is 1. The van der Waals surface area contributed by atoms with Gasteiger partial charge in [-0.2, -0.15) is 0 Å². The smallest absolute Gasteiger partial charge is 0.266 e. The van der Waals surface area contributed by atoms with Crippen LogP contribution in [0.1, 0.15) is 25.6 Å². The number of nitrogens with two attached hydrogens (primary N) is 1. The number of carbonyl (C=O) groups excluding carboxylic acids is 2. The summed E-state index contributed by atoms with van der Waals surface area (Å²) in [5.41, 5.74) is 6.93. The van der Waals surface area contributed by atoms with Gasteiger partial charge in [-0.3, -0.25) is 9.59 Å². The Kier molecular flexibility index (Phi) is 4.01. The first-order valence-electron chi connectivity index (χ1n) is 5.44. The van der Waals surface area contributed by atoms with Crippen molar-refractivity contribution in [2.45, 2.75) is 6.92 Å². The number of amides is 2. The van der Waals surface area contributed by atoms with Crippen LogP contribution in [0, 0.1) is 6.92 Å². The molecule has 0 aliphatic carbocycles. The van der Waals surface area contributed by atoms with E-state index in [0.717, 1.165) is 4.47 Å². The molecule has 3 N–H and O–H groups in total. The molecule has 0 aliphatic heterocycles. The predicted octanol–water partition coefficient (Wildman–Crippen LogP) is 3.17. The molecule has 1 aromatic carbocycles. The zero-order valence-corrected chi connectivity index (χ0v) is 12.5. The summed E-state index contributed by atoms with van der Waals surface area (Å²) in [7, 11) is 0. The number of carbonyl (C=O) groups is 2. The van der Waals surface area contributed by atoms with E-state index in [1.54, 1.807) is 25.1 Å². The van der Waals surface area contributed by atoms with E-state index in [9.17, 15) is 9.59 Å². The normalized spacial score (nSPS) is 10.2. The number of primary amides is 1. The van der Waals surface area contributed by atoms with Gasteiger partial charge in [-0.25, -0.2) is 0 Å². The molecule has 4 nitrogen and oxygen atoms in total. The Labute approximate surface area is 122 Å². The lowest BCUT2D eigenvalue weighted by molar-refractivity contribution is 0.0996. The van der Waals surface area contributed by atoms with Crippen LogP contribution in [0.5, 0.6) is 0 Å². The largest absolute Gasteiger partial charge is 0.366 e.